The van der Waals surface area contributed by atoms with Crippen molar-refractivity contribution in [3.8, 4) is 0 Å². The lowest BCUT2D eigenvalue weighted by Gasteiger charge is -2.26. The molecule has 0 aromatic carbocycles. The van der Waals surface area contributed by atoms with E-state index in [1.165, 1.54) is 6.92 Å². The molecule has 1 aromatic heterocycles. The number of aliphatic hydroxyl groups excluding tert-OH is 1. The molecule has 0 spiro atoms. The van der Waals surface area contributed by atoms with E-state index in [1.807, 2.05) is 0 Å². The van der Waals surface area contributed by atoms with Gasteiger partial charge in [0.05, 0.1) is 12.3 Å². The zero-order valence-electron chi connectivity index (χ0n) is 11.1. The van der Waals surface area contributed by atoms with Crippen LogP contribution in [0.15, 0.2) is 16.5 Å². The van der Waals surface area contributed by atoms with Crippen LogP contribution in [0.2, 0.25) is 0 Å². The molecule has 0 unspecified atom stereocenters. The highest BCUT2D eigenvalue weighted by Gasteiger charge is 2.38. The molecule has 0 saturated heterocycles. The Morgan fingerprint density at radius 3 is 2.62 bits per heavy atom. The van der Waals surface area contributed by atoms with Gasteiger partial charge in [-0.2, -0.15) is 22.6 Å². The highest BCUT2D eigenvalue weighted by Crippen LogP contribution is 2.32. The van der Waals surface area contributed by atoms with E-state index in [1.54, 1.807) is 0 Å². The number of aryl methyl sites for hydroxylation is 1. The summed E-state index contributed by atoms with van der Waals surface area (Å²) in [7, 11) is -3.99. The van der Waals surface area contributed by atoms with Crippen LogP contribution >= 0.6 is 0 Å². The molecule has 0 amide bonds. The molecule has 10 heteroatoms. The molecular formula is C11H14F3N3O3S. The Morgan fingerprint density at radius 1 is 1.48 bits per heavy atom. The fourth-order valence-corrected chi connectivity index (χ4v) is 3.88. The zero-order valence-corrected chi connectivity index (χ0v) is 11.9. The van der Waals surface area contributed by atoms with Crippen LogP contribution in [0.5, 0.6) is 0 Å². The van der Waals surface area contributed by atoms with E-state index in [-0.39, 0.29) is 29.4 Å². The monoisotopic (exact) mass is 325 g/mol. The van der Waals surface area contributed by atoms with Crippen molar-refractivity contribution < 1.29 is 26.7 Å². The molecule has 0 saturated carbocycles. The summed E-state index contributed by atoms with van der Waals surface area (Å²) in [6.45, 7) is 0.284. The summed E-state index contributed by atoms with van der Waals surface area (Å²) in [6.07, 6.45) is -3.96. The first-order valence-electron chi connectivity index (χ1n) is 6.09. The summed E-state index contributed by atoms with van der Waals surface area (Å²) in [4.78, 5) is -0.172. The molecule has 1 aliphatic heterocycles. The number of nitrogens with zero attached hydrogens (tertiary/aromatic N) is 2. The second-order valence-electron chi connectivity index (χ2n) is 4.62. The standard InChI is InChI=1S/C11H14F3N3O3S/c1-7-10(9(6-18)16-15-7)21(19,20)17-4-2-8(3-5-17)11(12,13)14/h2,18H,3-6H2,1H3,(H,15,16). The molecule has 2 heterocycles. The van der Waals surface area contributed by atoms with Gasteiger partial charge in [-0.25, -0.2) is 8.42 Å². The first-order valence-corrected chi connectivity index (χ1v) is 7.53. The molecule has 118 valence electrons. The Balaban J connectivity index is 2.31. The maximum atomic E-state index is 12.5. The van der Waals surface area contributed by atoms with Gasteiger partial charge >= 0.3 is 6.18 Å². The van der Waals surface area contributed by atoms with Crippen LogP contribution in [0.1, 0.15) is 17.8 Å². The van der Waals surface area contributed by atoms with Crippen LogP contribution in [0.25, 0.3) is 0 Å². The highest BCUT2D eigenvalue weighted by atomic mass is 32.2. The van der Waals surface area contributed by atoms with Crippen LogP contribution in [-0.2, 0) is 16.6 Å². The third-order valence-corrected chi connectivity index (χ3v) is 5.31. The van der Waals surface area contributed by atoms with E-state index in [0.717, 1.165) is 10.4 Å². The number of aromatic amines is 1. The Hall–Kier alpha value is -1.39. The molecule has 2 N–H and O–H groups in total. The van der Waals surface area contributed by atoms with Crippen molar-refractivity contribution in [3.63, 3.8) is 0 Å². The Kier molecular flexibility index (Phi) is 4.13. The van der Waals surface area contributed by atoms with Gasteiger partial charge in [0.2, 0.25) is 10.0 Å². The van der Waals surface area contributed by atoms with Gasteiger partial charge < -0.3 is 5.11 Å². The third kappa shape index (κ3) is 2.97. The van der Waals surface area contributed by atoms with E-state index in [0.29, 0.717) is 0 Å². The summed E-state index contributed by atoms with van der Waals surface area (Å²) in [5.41, 5.74) is -0.525. The summed E-state index contributed by atoms with van der Waals surface area (Å²) < 4.78 is 63.5. The van der Waals surface area contributed by atoms with Gasteiger partial charge in [-0.05, 0) is 13.3 Å². The zero-order chi connectivity index (χ0) is 15.8. The van der Waals surface area contributed by atoms with E-state index >= 15 is 0 Å². The number of hydrogen-bond donors (Lipinski definition) is 2. The number of nitrogens with one attached hydrogen (secondary N) is 1. The number of rotatable bonds is 3. The number of alkyl halides is 3. The van der Waals surface area contributed by atoms with Crippen LogP contribution in [-0.4, -0.2) is 47.3 Å². The van der Waals surface area contributed by atoms with Gasteiger partial charge in [0.15, 0.2) is 0 Å². The van der Waals surface area contributed by atoms with Crippen molar-refractivity contribution in [2.45, 2.75) is 31.0 Å². The van der Waals surface area contributed by atoms with Crippen LogP contribution in [0.4, 0.5) is 13.2 Å². The smallest absolute Gasteiger partial charge is 0.390 e. The molecule has 0 aliphatic carbocycles. The quantitative estimate of drug-likeness (QED) is 0.815. The van der Waals surface area contributed by atoms with E-state index in [2.05, 4.69) is 10.2 Å². The van der Waals surface area contributed by atoms with Gasteiger partial charge in [-0.3, -0.25) is 5.10 Å². The van der Waals surface area contributed by atoms with Crippen LogP contribution in [0, 0.1) is 6.92 Å². The van der Waals surface area contributed by atoms with Gasteiger partial charge in [-0.15, -0.1) is 0 Å². The first-order chi connectivity index (χ1) is 9.67. The molecule has 0 radical (unpaired) electrons. The van der Waals surface area contributed by atoms with Crippen LogP contribution < -0.4 is 0 Å². The molecule has 2 rings (SSSR count). The van der Waals surface area contributed by atoms with Gasteiger partial charge in [0.25, 0.3) is 0 Å². The summed E-state index contributed by atoms with van der Waals surface area (Å²) in [5.74, 6) is 0. The number of H-pyrrole nitrogens is 1. The predicted molar refractivity (Wildman–Crippen MR) is 66.8 cm³/mol. The minimum atomic E-state index is -4.43. The fraction of sp³-hybridized carbons (Fsp3) is 0.545. The van der Waals surface area contributed by atoms with Crippen molar-refractivity contribution in [3.05, 3.63) is 23.0 Å². The second kappa shape index (κ2) is 5.43. The Labute approximate surface area is 119 Å². The topological polar surface area (TPSA) is 86.3 Å². The molecular weight excluding hydrogens is 311 g/mol. The minimum absolute atomic E-state index is 0.0434. The minimum Gasteiger partial charge on any atom is -0.390 e. The molecule has 0 bridgehead atoms. The maximum Gasteiger partial charge on any atom is 0.412 e. The first kappa shape index (κ1) is 16.0. The average Bonchev–Trinajstić information content (AvgIpc) is 2.79. The van der Waals surface area contributed by atoms with Crippen LogP contribution in [0.3, 0.4) is 0 Å². The van der Waals surface area contributed by atoms with E-state index in [9.17, 15) is 21.6 Å². The van der Waals surface area contributed by atoms with Gasteiger partial charge in [-0.1, -0.05) is 6.08 Å². The Morgan fingerprint density at radius 2 is 2.14 bits per heavy atom. The SMILES string of the molecule is Cc1[nH]nc(CO)c1S(=O)(=O)N1CC=C(C(F)(F)F)CC1. The lowest BCUT2D eigenvalue weighted by Crippen LogP contribution is -2.37. The number of aliphatic hydroxyl groups is 1. The van der Waals surface area contributed by atoms with E-state index in [4.69, 9.17) is 5.11 Å². The number of halogens is 3. The number of sulfonamides is 1. The molecule has 0 atom stereocenters. The second-order valence-corrected chi connectivity index (χ2v) is 6.50. The van der Waals surface area contributed by atoms with E-state index < -0.39 is 34.8 Å². The highest BCUT2D eigenvalue weighted by molar-refractivity contribution is 7.89. The molecule has 21 heavy (non-hydrogen) atoms. The summed E-state index contributed by atoms with van der Waals surface area (Å²) in [5, 5.41) is 15.2. The van der Waals surface area contributed by atoms with Gasteiger partial charge in [0.1, 0.15) is 10.6 Å². The third-order valence-electron chi connectivity index (χ3n) is 3.24. The van der Waals surface area contributed by atoms with Crippen molar-refractivity contribution in [1.82, 2.24) is 14.5 Å². The normalized spacial score (nSPS) is 17.9. The summed E-state index contributed by atoms with van der Waals surface area (Å²) >= 11 is 0. The summed E-state index contributed by atoms with van der Waals surface area (Å²) in [6, 6.07) is 0. The van der Waals surface area contributed by atoms with Crippen molar-refractivity contribution in [1.29, 1.82) is 0 Å². The van der Waals surface area contributed by atoms with Crippen molar-refractivity contribution >= 4 is 10.0 Å². The molecule has 6 nitrogen and oxygen atoms in total. The Bertz CT molecular complexity index is 664. The fourth-order valence-electron chi connectivity index (χ4n) is 2.17. The number of aromatic nitrogens is 2. The van der Waals surface area contributed by atoms with Gasteiger partial charge in [0, 0.05) is 18.7 Å². The largest absolute Gasteiger partial charge is 0.412 e. The molecule has 0 fully saturated rings. The van der Waals surface area contributed by atoms with Crippen molar-refractivity contribution in [2.24, 2.45) is 0 Å². The number of hydrogen-bond acceptors (Lipinski definition) is 4. The lowest BCUT2D eigenvalue weighted by atomic mass is 10.1. The molecule has 1 aromatic rings. The predicted octanol–water partition coefficient (Wildman–Crippen LogP) is 1.09. The lowest BCUT2D eigenvalue weighted by molar-refractivity contribution is -0.0953. The maximum absolute atomic E-state index is 12.5. The average molecular weight is 325 g/mol. The van der Waals surface area contributed by atoms with Crippen molar-refractivity contribution in [2.75, 3.05) is 13.1 Å². The molecule has 1 aliphatic rings.